The summed E-state index contributed by atoms with van der Waals surface area (Å²) in [5.41, 5.74) is 1.05. The van der Waals surface area contributed by atoms with E-state index >= 15 is 0 Å². The number of nitriles is 1. The molecule has 0 bridgehead atoms. The highest BCUT2D eigenvalue weighted by molar-refractivity contribution is 5.33. The van der Waals surface area contributed by atoms with Crippen LogP contribution in [0.3, 0.4) is 0 Å². The fourth-order valence-corrected chi connectivity index (χ4v) is 1.85. The molecule has 0 amide bonds. The number of nitrogens with one attached hydrogen (secondary N) is 1. The number of hydrogen-bond donors (Lipinski definition) is 1. The Balaban J connectivity index is 2.60. The molecule has 1 atom stereocenters. The maximum Gasteiger partial charge on any atom is 0.127 e. The van der Waals surface area contributed by atoms with Crippen molar-refractivity contribution in [3.05, 3.63) is 35.1 Å². The van der Waals surface area contributed by atoms with E-state index in [0.717, 1.165) is 6.42 Å². The second-order valence-corrected chi connectivity index (χ2v) is 4.83. The van der Waals surface area contributed by atoms with E-state index < -0.39 is 0 Å². The fourth-order valence-electron chi connectivity index (χ4n) is 1.85. The van der Waals surface area contributed by atoms with Crippen LogP contribution in [0.25, 0.3) is 0 Å². The minimum atomic E-state index is -0.256. The molecular formula is C14H19FN2. The smallest absolute Gasteiger partial charge is 0.127 e. The molecule has 0 fully saturated rings. The predicted molar refractivity (Wildman–Crippen MR) is 66.9 cm³/mol. The first kappa shape index (κ1) is 13.7. The standard InChI is InChI=1S/C14H19FN2/c1-10(2)6-11(3)17-9-13-7-12(8-16)4-5-14(13)15/h4-5,7,10-11,17H,6,9H2,1-3H3. The maximum atomic E-state index is 13.5. The van der Waals surface area contributed by atoms with E-state index in [4.69, 9.17) is 5.26 Å². The van der Waals surface area contributed by atoms with Crippen molar-refractivity contribution in [2.24, 2.45) is 5.92 Å². The van der Waals surface area contributed by atoms with Gasteiger partial charge in [0.2, 0.25) is 0 Å². The Bertz CT molecular complexity index is 407. The summed E-state index contributed by atoms with van der Waals surface area (Å²) in [4.78, 5) is 0. The van der Waals surface area contributed by atoms with Gasteiger partial charge < -0.3 is 5.32 Å². The van der Waals surface area contributed by atoms with Crippen molar-refractivity contribution in [2.45, 2.75) is 39.8 Å². The average Bonchev–Trinajstić information content (AvgIpc) is 2.27. The van der Waals surface area contributed by atoms with Gasteiger partial charge in [0, 0.05) is 18.2 Å². The Kier molecular flexibility index (Phi) is 5.11. The molecule has 0 radical (unpaired) electrons. The van der Waals surface area contributed by atoms with E-state index in [-0.39, 0.29) is 5.82 Å². The first-order valence-corrected chi connectivity index (χ1v) is 5.94. The normalized spacial score (nSPS) is 12.5. The topological polar surface area (TPSA) is 35.8 Å². The van der Waals surface area contributed by atoms with Crippen LogP contribution in [-0.2, 0) is 6.54 Å². The molecule has 0 spiro atoms. The molecule has 1 N–H and O–H groups in total. The third kappa shape index (κ3) is 4.54. The molecule has 1 unspecified atom stereocenters. The molecule has 3 heteroatoms. The zero-order valence-corrected chi connectivity index (χ0v) is 10.6. The molecule has 0 aromatic heterocycles. The SMILES string of the molecule is CC(C)CC(C)NCc1cc(C#N)ccc1F. The summed E-state index contributed by atoms with van der Waals surface area (Å²) < 4.78 is 13.5. The van der Waals surface area contributed by atoms with Gasteiger partial charge in [-0.15, -0.1) is 0 Å². The molecule has 2 nitrogen and oxygen atoms in total. The van der Waals surface area contributed by atoms with Gasteiger partial charge in [-0.2, -0.15) is 5.26 Å². The number of rotatable bonds is 5. The van der Waals surface area contributed by atoms with Crippen molar-refractivity contribution in [1.82, 2.24) is 5.32 Å². The first-order valence-electron chi connectivity index (χ1n) is 5.94. The zero-order valence-electron chi connectivity index (χ0n) is 10.6. The minimum absolute atomic E-state index is 0.256. The monoisotopic (exact) mass is 234 g/mol. The summed E-state index contributed by atoms with van der Waals surface area (Å²) in [6, 6.07) is 6.82. The molecule has 0 aliphatic heterocycles. The van der Waals surface area contributed by atoms with E-state index in [9.17, 15) is 4.39 Å². The minimum Gasteiger partial charge on any atom is -0.310 e. The summed E-state index contributed by atoms with van der Waals surface area (Å²) >= 11 is 0. The van der Waals surface area contributed by atoms with Crippen molar-refractivity contribution >= 4 is 0 Å². The molecule has 0 saturated heterocycles. The van der Waals surface area contributed by atoms with Crippen LogP contribution in [0.15, 0.2) is 18.2 Å². The van der Waals surface area contributed by atoms with E-state index in [1.54, 1.807) is 6.07 Å². The molecule has 92 valence electrons. The lowest BCUT2D eigenvalue weighted by Crippen LogP contribution is -2.27. The van der Waals surface area contributed by atoms with Crippen molar-refractivity contribution in [3.8, 4) is 6.07 Å². The second-order valence-electron chi connectivity index (χ2n) is 4.83. The molecule has 1 aromatic rings. The molecule has 0 saturated carbocycles. The van der Waals surface area contributed by atoms with E-state index in [0.29, 0.717) is 29.6 Å². The number of nitrogens with zero attached hydrogens (tertiary/aromatic N) is 1. The van der Waals surface area contributed by atoms with E-state index in [1.165, 1.54) is 12.1 Å². The Labute approximate surface area is 102 Å². The van der Waals surface area contributed by atoms with Crippen LogP contribution in [0.2, 0.25) is 0 Å². The maximum absolute atomic E-state index is 13.5. The quantitative estimate of drug-likeness (QED) is 0.849. The summed E-state index contributed by atoms with van der Waals surface area (Å²) in [7, 11) is 0. The zero-order chi connectivity index (χ0) is 12.8. The second kappa shape index (κ2) is 6.36. The Morgan fingerprint density at radius 1 is 1.35 bits per heavy atom. The lowest BCUT2D eigenvalue weighted by Gasteiger charge is -2.16. The van der Waals surface area contributed by atoms with Gasteiger partial charge >= 0.3 is 0 Å². The van der Waals surface area contributed by atoms with Gasteiger partial charge in [0.25, 0.3) is 0 Å². The summed E-state index contributed by atoms with van der Waals surface area (Å²) in [5, 5.41) is 12.0. The first-order chi connectivity index (χ1) is 8.02. The molecular weight excluding hydrogens is 215 g/mol. The number of halogens is 1. The van der Waals surface area contributed by atoms with Crippen LogP contribution in [0.5, 0.6) is 0 Å². The molecule has 1 aromatic carbocycles. The Morgan fingerprint density at radius 2 is 2.06 bits per heavy atom. The summed E-state index contributed by atoms with van der Waals surface area (Å²) in [6.07, 6.45) is 1.06. The third-order valence-corrected chi connectivity index (χ3v) is 2.64. The summed E-state index contributed by atoms with van der Waals surface area (Å²) in [6.45, 7) is 6.88. The van der Waals surface area contributed by atoms with Crippen LogP contribution >= 0.6 is 0 Å². The number of benzene rings is 1. The lowest BCUT2D eigenvalue weighted by atomic mass is 10.0. The molecule has 17 heavy (non-hydrogen) atoms. The van der Waals surface area contributed by atoms with Gasteiger partial charge in [-0.1, -0.05) is 13.8 Å². The van der Waals surface area contributed by atoms with Gasteiger partial charge in [0.15, 0.2) is 0 Å². The predicted octanol–water partition coefficient (Wildman–Crippen LogP) is 3.22. The molecule has 0 aliphatic carbocycles. The highest BCUT2D eigenvalue weighted by atomic mass is 19.1. The van der Waals surface area contributed by atoms with Crippen molar-refractivity contribution in [3.63, 3.8) is 0 Å². The van der Waals surface area contributed by atoms with E-state index in [2.05, 4.69) is 26.1 Å². The third-order valence-electron chi connectivity index (χ3n) is 2.64. The number of hydrogen-bond acceptors (Lipinski definition) is 2. The van der Waals surface area contributed by atoms with Crippen LogP contribution in [-0.4, -0.2) is 6.04 Å². The van der Waals surface area contributed by atoms with Crippen molar-refractivity contribution in [1.29, 1.82) is 5.26 Å². The van der Waals surface area contributed by atoms with Crippen LogP contribution in [0, 0.1) is 23.1 Å². The van der Waals surface area contributed by atoms with Crippen LogP contribution in [0.1, 0.15) is 38.3 Å². The highest BCUT2D eigenvalue weighted by Crippen LogP contribution is 2.11. The van der Waals surface area contributed by atoms with Gasteiger partial charge in [-0.05, 0) is 37.5 Å². The van der Waals surface area contributed by atoms with Crippen molar-refractivity contribution in [2.75, 3.05) is 0 Å². The fraction of sp³-hybridized carbons (Fsp3) is 0.500. The summed E-state index contributed by atoms with van der Waals surface area (Å²) in [5.74, 6) is 0.362. The lowest BCUT2D eigenvalue weighted by molar-refractivity contribution is 0.437. The van der Waals surface area contributed by atoms with Crippen LogP contribution < -0.4 is 5.32 Å². The van der Waals surface area contributed by atoms with E-state index in [1.807, 2.05) is 6.07 Å². The molecule has 1 rings (SSSR count). The van der Waals surface area contributed by atoms with Gasteiger partial charge in [0.05, 0.1) is 11.6 Å². The highest BCUT2D eigenvalue weighted by Gasteiger charge is 2.07. The largest absolute Gasteiger partial charge is 0.310 e. The van der Waals surface area contributed by atoms with Crippen molar-refractivity contribution < 1.29 is 4.39 Å². The molecule has 0 aliphatic rings. The Hall–Kier alpha value is -1.40. The van der Waals surface area contributed by atoms with Gasteiger partial charge in [-0.3, -0.25) is 0 Å². The van der Waals surface area contributed by atoms with Crippen LogP contribution in [0.4, 0.5) is 4.39 Å². The average molecular weight is 234 g/mol. The molecule has 0 heterocycles. The Morgan fingerprint density at radius 3 is 2.65 bits per heavy atom. The van der Waals surface area contributed by atoms with Gasteiger partial charge in [0.1, 0.15) is 5.82 Å². The van der Waals surface area contributed by atoms with Gasteiger partial charge in [-0.25, -0.2) is 4.39 Å².